The van der Waals surface area contributed by atoms with Gasteiger partial charge in [0.2, 0.25) is 5.95 Å². The maximum absolute atomic E-state index is 14.8. The molecule has 0 saturated heterocycles. The fraction of sp³-hybridized carbons (Fsp3) is 0.308. The molecule has 6 rings (SSSR count). The summed E-state index contributed by atoms with van der Waals surface area (Å²) in [5, 5.41) is 3.14. The topological polar surface area (TPSA) is 84.7 Å². The van der Waals surface area contributed by atoms with Gasteiger partial charge < -0.3 is 15.0 Å². The van der Waals surface area contributed by atoms with Crippen molar-refractivity contribution in [2.24, 2.45) is 0 Å². The van der Waals surface area contributed by atoms with Gasteiger partial charge in [-0.25, -0.2) is 19.3 Å². The molecule has 0 bridgehead atoms. The number of pyridine rings is 1. The smallest absolute Gasteiger partial charge is 0.433 e. The standard InChI is InChI=1S/C26H22F4N6O2/c1-2-35-12-19-14(5-8-21(34-19)26(28,29)30)17-11-32-25(36-13-33-22(23(17)36)24(35)37)31-10-16-15-4-3-9-38-20(15)7-6-18(16)27/h5-8,11,13H,2-4,9-10,12H2,1H3,(H,31,32). The molecular weight excluding hydrogens is 504 g/mol. The van der Waals surface area contributed by atoms with E-state index in [2.05, 4.69) is 20.3 Å². The summed E-state index contributed by atoms with van der Waals surface area (Å²) < 4.78 is 62.2. The number of hydrogen-bond acceptors (Lipinski definition) is 6. The van der Waals surface area contributed by atoms with E-state index in [0.29, 0.717) is 46.9 Å². The van der Waals surface area contributed by atoms with E-state index < -0.39 is 17.8 Å². The van der Waals surface area contributed by atoms with E-state index in [4.69, 9.17) is 4.74 Å². The molecule has 1 aromatic carbocycles. The molecule has 0 fully saturated rings. The third-order valence-corrected chi connectivity index (χ3v) is 6.92. The quantitative estimate of drug-likeness (QED) is 0.383. The van der Waals surface area contributed by atoms with Crippen molar-refractivity contribution < 1.29 is 27.1 Å². The molecular formula is C26H22F4N6O2. The number of nitrogens with one attached hydrogen (secondary N) is 1. The Morgan fingerprint density at radius 2 is 1.97 bits per heavy atom. The zero-order valence-corrected chi connectivity index (χ0v) is 20.3. The van der Waals surface area contributed by atoms with E-state index in [9.17, 15) is 22.4 Å². The number of benzene rings is 1. The largest absolute Gasteiger partial charge is 0.493 e. The second-order valence-electron chi connectivity index (χ2n) is 9.12. The number of hydrogen-bond donors (Lipinski definition) is 1. The Morgan fingerprint density at radius 1 is 1.13 bits per heavy atom. The number of ether oxygens (including phenoxy) is 1. The zero-order chi connectivity index (χ0) is 26.6. The average Bonchev–Trinajstić information content (AvgIpc) is 3.35. The van der Waals surface area contributed by atoms with Crippen LogP contribution in [0.2, 0.25) is 0 Å². The highest BCUT2D eigenvalue weighted by Crippen LogP contribution is 2.37. The van der Waals surface area contributed by atoms with E-state index in [1.165, 1.54) is 29.6 Å². The van der Waals surface area contributed by atoms with Gasteiger partial charge in [-0.1, -0.05) is 6.07 Å². The van der Waals surface area contributed by atoms with Crippen molar-refractivity contribution in [3.63, 3.8) is 0 Å². The summed E-state index contributed by atoms with van der Waals surface area (Å²) in [5.41, 5.74) is 1.73. The number of carbonyl (C=O) groups excluding carboxylic acids is 1. The molecule has 0 unspecified atom stereocenters. The van der Waals surface area contributed by atoms with Gasteiger partial charge in [-0.15, -0.1) is 0 Å². The second-order valence-corrected chi connectivity index (χ2v) is 9.12. The molecule has 1 amide bonds. The molecule has 2 aliphatic rings. The Labute approximate surface area is 214 Å². The van der Waals surface area contributed by atoms with Crippen LogP contribution in [0.4, 0.5) is 23.5 Å². The summed E-state index contributed by atoms with van der Waals surface area (Å²) in [7, 11) is 0. The minimum atomic E-state index is -4.63. The molecule has 3 aromatic heterocycles. The van der Waals surface area contributed by atoms with Crippen LogP contribution in [0.1, 0.15) is 46.3 Å². The summed E-state index contributed by atoms with van der Waals surface area (Å²) in [6.07, 6.45) is -0.251. The number of rotatable bonds is 4. The number of fused-ring (bicyclic) bond motifs is 3. The number of aromatic nitrogens is 4. The molecule has 0 saturated carbocycles. The lowest BCUT2D eigenvalue weighted by Crippen LogP contribution is -2.32. The first-order chi connectivity index (χ1) is 18.3. The van der Waals surface area contributed by atoms with Crippen LogP contribution >= 0.6 is 0 Å². The lowest BCUT2D eigenvalue weighted by molar-refractivity contribution is -0.141. The van der Waals surface area contributed by atoms with Crippen molar-refractivity contribution in [3.8, 4) is 16.9 Å². The van der Waals surface area contributed by atoms with Crippen LogP contribution in [0.5, 0.6) is 5.75 Å². The Morgan fingerprint density at radius 3 is 2.76 bits per heavy atom. The molecule has 0 atom stereocenters. The summed E-state index contributed by atoms with van der Waals surface area (Å²) in [6, 6.07) is 5.26. The number of imidazole rings is 1. The van der Waals surface area contributed by atoms with Crippen LogP contribution in [0.25, 0.3) is 16.6 Å². The van der Waals surface area contributed by atoms with Crippen LogP contribution in [0, 0.1) is 5.82 Å². The molecule has 0 aliphatic carbocycles. The highest BCUT2D eigenvalue weighted by Gasteiger charge is 2.35. The third kappa shape index (κ3) is 3.91. The first kappa shape index (κ1) is 24.1. The number of carbonyl (C=O) groups is 1. The van der Waals surface area contributed by atoms with Crippen molar-refractivity contribution in [2.45, 2.75) is 39.0 Å². The Kier molecular flexibility index (Phi) is 5.69. The van der Waals surface area contributed by atoms with Gasteiger partial charge in [-0.05, 0) is 38.0 Å². The fourth-order valence-corrected chi connectivity index (χ4v) is 5.02. The first-order valence-corrected chi connectivity index (χ1v) is 12.2. The van der Waals surface area contributed by atoms with Crippen LogP contribution in [0.3, 0.4) is 0 Å². The molecule has 0 spiro atoms. The third-order valence-electron chi connectivity index (χ3n) is 6.92. The van der Waals surface area contributed by atoms with Crippen LogP contribution in [-0.2, 0) is 25.7 Å². The van der Waals surface area contributed by atoms with Gasteiger partial charge >= 0.3 is 6.18 Å². The normalized spacial score (nSPS) is 15.0. The maximum atomic E-state index is 14.8. The number of halogens is 4. The number of alkyl halides is 3. The molecule has 0 radical (unpaired) electrons. The van der Waals surface area contributed by atoms with Crippen molar-refractivity contribution in [1.29, 1.82) is 0 Å². The second kappa shape index (κ2) is 8.96. The lowest BCUT2D eigenvalue weighted by Gasteiger charge is -2.25. The van der Waals surface area contributed by atoms with Gasteiger partial charge in [-0.3, -0.25) is 9.20 Å². The summed E-state index contributed by atoms with van der Waals surface area (Å²) in [4.78, 5) is 27.4. The fourth-order valence-electron chi connectivity index (χ4n) is 5.02. The van der Waals surface area contributed by atoms with E-state index in [1.54, 1.807) is 17.4 Å². The molecule has 38 heavy (non-hydrogen) atoms. The maximum Gasteiger partial charge on any atom is 0.433 e. The van der Waals surface area contributed by atoms with Crippen LogP contribution in [-0.4, -0.2) is 43.3 Å². The zero-order valence-electron chi connectivity index (χ0n) is 20.3. The van der Waals surface area contributed by atoms with Crippen LogP contribution in [0.15, 0.2) is 36.8 Å². The van der Waals surface area contributed by atoms with Gasteiger partial charge in [0.15, 0.2) is 5.69 Å². The predicted molar refractivity (Wildman–Crippen MR) is 129 cm³/mol. The van der Waals surface area contributed by atoms with Crippen molar-refractivity contribution in [1.82, 2.24) is 24.3 Å². The summed E-state index contributed by atoms with van der Waals surface area (Å²) >= 11 is 0. The Balaban J connectivity index is 1.46. The number of anilines is 1. The van der Waals surface area contributed by atoms with Gasteiger partial charge in [0, 0.05) is 41.5 Å². The van der Waals surface area contributed by atoms with E-state index in [-0.39, 0.29) is 36.8 Å². The molecule has 8 nitrogen and oxygen atoms in total. The number of amides is 1. The summed E-state index contributed by atoms with van der Waals surface area (Å²) in [5.74, 6) is 0.153. The Hall–Kier alpha value is -4.22. The molecule has 5 heterocycles. The van der Waals surface area contributed by atoms with Gasteiger partial charge in [0.05, 0.1) is 24.4 Å². The van der Waals surface area contributed by atoms with Crippen molar-refractivity contribution in [2.75, 3.05) is 18.5 Å². The SMILES string of the molecule is CCN1Cc2nc(C(F)(F)F)ccc2-c2cnc(NCc3c(F)ccc4c3CCCO4)n3cnc(c23)C1=O. The minimum absolute atomic E-state index is 0.104. The van der Waals surface area contributed by atoms with Crippen LogP contribution < -0.4 is 10.1 Å². The molecule has 2 aliphatic heterocycles. The highest BCUT2D eigenvalue weighted by molar-refractivity contribution is 6.04. The molecule has 196 valence electrons. The highest BCUT2D eigenvalue weighted by atomic mass is 19.4. The van der Waals surface area contributed by atoms with E-state index >= 15 is 0 Å². The number of nitrogens with zero attached hydrogens (tertiary/aromatic N) is 5. The van der Waals surface area contributed by atoms with Crippen molar-refractivity contribution >= 4 is 17.4 Å². The Bertz CT molecular complexity index is 1580. The minimum Gasteiger partial charge on any atom is -0.493 e. The molecule has 1 N–H and O–H groups in total. The van der Waals surface area contributed by atoms with Gasteiger partial charge in [0.25, 0.3) is 5.91 Å². The summed E-state index contributed by atoms with van der Waals surface area (Å²) in [6.45, 7) is 2.57. The van der Waals surface area contributed by atoms with Gasteiger partial charge in [0.1, 0.15) is 23.6 Å². The lowest BCUT2D eigenvalue weighted by atomic mass is 9.99. The molecule has 4 aromatic rings. The monoisotopic (exact) mass is 526 g/mol. The van der Waals surface area contributed by atoms with Crippen molar-refractivity contribution in [3.05, 3.63) is 70.8 Å². The predicted octanol–water partition coefficient (Wildman–Crippen LogP) is 4.86. The van der Waals surface area contributed by atoms with E-state index in [0.717, 1.165) is 18.1 Å². The molecule has 12 heteroatoms. The average molecular weight is 526 g/mol. The van der Waals surface area contributed by atoms with Gasteiger partial charge in [-0.2, -0.15) is 13.2 Å². The van der Waals surface area contributed by atoms with E-state index in [1.807, 2.05) is 0 Å². The first-order valence-electron chi connectivity index (χ1n) is 12.2.